The van der Waals surface area contributed by atoms with E-state index in [0.717, 1.165) is 11.1 Å². The largest absolute Gasteiger partial charge is 0.489 e. The van der Waals surface area contributed by atoms with Crippen LogP contribution in [0.1, 0.15) is 27.2 Å². The molecule has 112 valence electrons. The van der Waals surface area contributed by atoms with Crippen LogP contribution in [0.3, 0.4) is 0 Å². The number of pyridine rings is 1. The van der Waals surface area contributed by atoms with Crippen LogP contribution in [-0.2, 0) is 6.61 Å². The highest BCUT2D eigenvalue weighted by Gasteiger charge is 2.16. The van der Waals surface area contributed by atoms with Gasteiger partial charge in [0.05, 0.1) is 5.56 Å². The van der Waals surface area contributed by atoms with Crippen LogP contribution < -0.4 is 10.5 Å². The molecule has 3 rings (SSSR count). The lowest BCUT2D eigenvalue weighted by molar-refractivity contribution is 0.1000. The number of hydrogen-bond acceptors (Lipinski definition) is 4. The molecule has 0 saturated carbocycles. The first-order valence-electron chi connectivity index (χ1n) is 6.91. The van der Waals surface area contributed by atoms with E-state index < -0.39 is 5.91 Å². The Morgan fingerprint density at radius 1 is 1.27 bits per heavy atom. The standard InChI is InChI=1S/C17H16N2O3/c1-10-5-12(8-19-7-10)9-21-13-3-4-15-14(6-13)16(17(18)20)11(2)22-15/h3-8H,9H2,1-2H3,(H2,18,20). The summed E-state index contributed by atoms with van der Waals surface area (Å²) < 4.78 is 11.3. The molecule has 0 bridgehead atoms. The Balaban J connectivity index is 1.88. The van der Waals surface area contributed by atoms with Crippen molar-refractivity contribution in [3.05, 3.63) is 59.1 Å². The minimum Gasteiger partial charge on any atom is -0.489 e. The van der Waals surface area contributed by atoms with Gasteiger partial charge < -0.3 is 14.9 Å². The smallest absolute Gasteiger partial charge is 0.252 e. The second kappa shape index (κ2) is 5.52. The molecule has 2 aromatic heterocycles. The van der Waals surface area contributed by atoms with Crippen molar-refractivity contribution in [3.63, 3.8) is 0 Å². The average Bonchev–Trinajstić information content (AvgIpc) is 2.80. The van der Waals surface area contributed by atoms with E-state index >= 15 is 0 Å². The topological polar surface area (TPSA) is 78.3 Å². The predicted molar refractivity (Wildman–Crippen MR) is 82.8 cm³/mol. The maximum atomic E-state index is 11.5. The molecule has 0 radical (unpaired) electrons. The van der Waals surface area contributed by atoms with E-state index in [0.29, 0.717) is 34.6 Å². The molecular formula is C17H16N2O3. The van der Waals surface area contributed by atoms with Gasteiger partial charge in [-0.1, -0.05) is 0 Å². The van der Waals surface area contributed by atoms with E-state index in [9.17, 15) is 4.79 Å². The third-order valence-electron chi connectivity index (χ3n) is 3.42. The van der Waals surface area contributed by atoms with Crippen molar-refractivity contribution in [3.8, 4) is 5.75 Å². The Kier molecular flexibility index (Phi) is 3.55. The number of carbonyl (C=O) groups excluding carboxylic acids is 1. The number of nitrogens with two attached hydrogens (primary N) is 1. The van der Waals surface area contributed by atoms with Gasteiger partial charge in [-0.3, -0.25) is 9.78 Å². The number of fused-ring (bicyclic) bond motifs is 1. The molecule has 3 aromatic rings. The number of nitrogens with zero attached hydrogens (tertiary/aromatic N) is 1. The number of aryl methyl sites for hydroxylation is 2. The zero-order valence-corrected chi connectivity index (χ0v) is 12.4. The van der Waals surface area contributed by atoms with Gasteiger partial charge in [-0.05, 0) is 43.7 Å². The lowest BCUT2D eigenvalue weighted by Crippen LogP contribution is -2.11. The number of aromatic nitrogens is 1. The molecule has 22 heavy (non-hydrogen) atoms. The van der Waals surface area contributed by atoms with E-state index in [1.165, 1.54) is 0 Å². The molecule has 0 saturated heterocycles. The Bertz CT molecular complexity index is 852. The van der Waals surface area contributed by atoms with Crippen LogP contribution in [0.5, 0.6) is 5.75 Å². The summed E-state index contributed by atoms with van der Waals surface area (Å²) in [5.41, 5.74) is 8.50. The zero-order valence-electron chi connectivity index (χ0n) is 12.4. The van der Waals surface area contributed by atoms with Gasteiger partial charge in [-0.15, -0.1) is 0 Å². The number of amides is 1. The number of furan rings is 1. The lowest BCUT2D eigenvalue weighted by Gasteiger charge is -2.06. The third-order valence-corrected chi connectivity index (χ3v) is 3.42. The first-order chi connectivity index (χ1) is 10.5. The monoisotopic (exact) mass is 296 g/mol. The van der Waals surface area contributed by atoms with E-state index in [2.05, 4.69) is 4.98 Å². The van der Waals surface area contributed by atoms with Crippen LogP contribution >= 0.6 is 0 Å². The zero-order chi connectivity index (χ0) is 15.7. The quantitative estimate of drug-likeness (QED) is 0.802. The Labute approximate surface area is 127 Å². The van der Waals surface area contributed by atoms with Crippen LogP contribution in [0.4, 0.5) is 0 Å². The second-order valence-electron chi connectivity index (χ2n) is 5.21. The summed E-state index contributed by atoms with van der Waals surface area (Å²) in [6.07, 6.45) is 3.56. The molecule has 1 amide bonds. The summed E-state index contributed by atoms with van der Waals surface area (Å²) in [5, 5.41) is 0.671. The molecule has 0 aliphatic carbocycles. The predicted octanol–water partition coefficient (Wildman–Crippen LogP) is 3.12. The van der Waals surface area contributed by atoms with Crippen molar-refractivity contribution in [2.45, 2.75) is 20.5 Å². The van der Waals surface area contributed by atoms with E-state index in [4.69, 9.17) is 14.9 Å². The van der Waals surface area contributed by atoms with Gasteiger partial charge in [-0.25, -0.2) is 0 Å². The van der Waals surface area contributed by atoms with Crippen LogP contribution in [0.25, 0.3) is 11.0 Å². The van der Waals surface area contributed by atoms with Crippen LogP contribution in [0, 0.1) is 13.8 Å². The van der Waals surface area contributed by atoms with Crippen molar-refractivity contribution in [1.29, 1.82) is 0 Å². The van der Waals surface area contributed by atoms with Gasteiger partial charge in [-0.2, -0.15) is 0 Å². The minimum absolute atomic E-state index is 0.401. The normalized spacial score (nSPS) is 10.8. The number of primary amides is 1. The van der Waals surface area contributed by atoms with Crippen molar-refractivity contribution in [1.82, 2.24) is 4.98 Å². The molecule has 2 heterocycles. The van der Waals surface area contributed by atoms with Gasteiger partial charge in [0.1, 0.15) is 23.7 Å². The molecule has 0 unspecified atom stereocenters. The van der Waals surface area contributed by atoms with E-state index in [1.807, 2.05) is 13.0 Å². The first kappa shape index (κ1) is 14.1. The maximum absolute atomic E-state index is 11.5. The van der Waals surface area contributed by atoms with Crippen LogP contribution in [-0.4, -0.2) is 10.9 Å². The molecule has 0 atom stereocenters. The fourth-order valence-electron chi connectivity index (χ4n) is 2.46. The molecular weight excluding hydrogens is 280 g/mol. The molecule has 2 N–H and O–H groups in total. The SMILES string of the molecule is Cc1cncc(COc2ccc3oc(C)c(C(N)=O)c3c2)c1. The van der Waals surface area contributed by atoms with Gasteiger partial charge >= 0.3 is 0 Å². The van der Waals surface area contributed by atoms with Gasteiger partial charge in [0.25, 0.3) is 5.91 Å². The lowest BCUT2D eigenvalue weighted by atomic mass is 10.1. The van der Waals surface area contributed by atoms with Crippen molar-refractivity contribution < 1.29 is 13.9 Å². The highest BCUT2D eigenvalue weighted by Crippen LogP contribution is 2.29. The molecule has 0 aliphatic rings. The van der Waals surface area contributed by atoms with E-state index in [1.54, 1.807) is 37.5 Å². The molecule has 0 spiro atoms. The van der Waals surface area contributed by atoms with Crippen LogP contribution in [0.2, 0.25) is 0 Å². The Morgan fingerprint density at radius 3 is 2.82 bits per heavy atom. The maximum Gasteiger partial charge on any atom is 0.252 e. The Morgan fingerprint density at radius 2 is 2.09 bits per heavy atom. The van der Waals surface area contributed by atoms with Gasteiger partial charge in [0, 0.05) is 23.3 Å². The highest BCUT2D eigenvalue weighted by atomic mass is 16.5. The average molecular weight is 296 g/mol. The molecule has 5 heteroatoms. The van der Waals surface area contributed by atoms with E-state index in [-0.39, 0.29) is 0 Å². The number of hydrogen-bond donors (Lipinski definition) is 1. The Hall–Kier alpha value is -2.82. The van der Waals surface area contributed by atoms with Gasteiger partial charge in [0.15, 0.2) is 0 Å². The summed E-state index contributed by atoms with van der Waals surface area (Å²) in [7, 11) is 0. The fourth-order valence-corrected chi connectivity index (χ4v) is 2.46. The molecule has 5 nitrogen and oxygen atoms in total. The van der Waals surface area contributed by atoms with Crippen molar-refractivity contribution >= 4 is 16.9 Å². The number of carbonyl (C=O) groups is 1. The molecule has 0 fully saturated rings. The number of benzene rings is 1. The number of rotatable bonds is 4. The summed E-state index contributed by atoms with van der Waals surface area (Å²) in [4.78, 5) is 15.7. The molecule has 1 aromatic carbocycles. The fraction of sp³-hybridized carbons (Fsp3) is 0.176. The summed E-state index contributed by atoms with van der Waals surface area (Å²) >= 11 is 0. The highest BCUT2D eigenvalue weighted by molar-refractivity contribution is 6.06. The van der Waals surface area contributed by atoms with Gasteiger partial charge in [0.2, 0.25) is 0 Å². The van der Waals surface area contributed by atoms with Crippen molar-refractivity contribution in [2.24, 2.45) is 5.73 Å². The summed E-state index contributed by atoms with van der Waals surface area (Å²) in [5.74, 6) is 0.663. The summed E-state index contributed by atoms with van der Waals surface area (Å²) in [6, 6.07) is 7.37. The first-order valence-corrected chi connectivity index (χ1v) is 6.91. The third kappa shape index (κ3) is 2.65. The minimum atomic E-state index is -0.503. The van der Waals surface area contributed by atoms with Crippen molar-refractivity contribution in [2.75, 3.05) is 0 Å². The molecule has 0 aliphatic heterocycles. The van der Waals surface area contributed by atoms with Crippen LogP contribution in [0.15, 0.2) is 41.1 Å². The number of ether oxygens (including phenoxy) is 1. The summed E-state index contributed by atoms with van der Waals surface area (Å²) in [6.45, 7) is 4.11. The second-order valence-corrected chi connectivity index (χ2v) is 5.21.